The first kappa shape index (κ1) is 11.4. The van der Waals surface area contributed by atoms with E-state index >= 15 is 0 Å². The average Bonchev–Trinajstić information content (AvgIpc) is 2.26. The number of aryl methyl sites for hydroxylation is 2. The quantitative estimate of drug-likeness (QED) is 0.867. The lowest BCUT2D eigenvalue weighted by Gasteiger charge is -2.12. The molecule has 0 spiro atoms. The van der Waals surface area contributed by atoms with Gasteiger partial charge in [-0.3, -0.25) is 4.98 Å². The van der Waals surface area contributed by atoms with Gasteiger partial charge in [0.1, 0.15) is 0 Å². The molecule has 0 atom stereocenters. The monoisotopic (exact) mass is 235 g/mol. The Labute approximate surface area is 99.9 Å². The Morgan fingerprint density at radius 3 is 2.69 bits per heavy atom. The number of halogens is 1. The normalized spacial score (nSPS) is 11.0. The molecule has 2 nitrogen and oxygen atoms in total. The van der Waals surface area contributed by atoms with Crippen molar-refractivity contribution in [3.8, 4) is 0 Å². The minimum absolute atomic E-state index is 0.0422. The summed E-state index contributed by atoms with van der Waals surface area (Å²) in [6, 6.07) is 5.70. The number of nitrogens with zero attached hydrogens (tertiary/aromatic N) is 1. The third-order valence-corrected chi connectivity index (χ3v) is 3.12. The van der Waals surface area contributed by atoms with Crippen molar-refractivity contribution >= 4 is 22.5 Å². The number of rotatable bonds is 2. The Balaban J connectivity index is 2.84. The van der Waals surface area contributed by atoms with E-state index in [1.165, 1.54) is 5.56 Å². The first-order valence-electron chi connectivity index (χ1n) is 5.35. The van der Waals surface area contributed by atoms with Gasteiger partial charge in [0.05, 0.1) is 12.1 Å². The lowest BCUT2D eigenvalue weighted by molar-refractivity contribution is 0.279. The molecule has 0 fully saturated rings. The average molecular weight is 236 g/mol. The molecule has 0 unspecified atom stereocenters. The molecule has 0 aliphatic carbocycles. The minimum atomic E-state index is 0.0422. The van der Waals surface area contributed by atoms with Gasteiger partial charge in [-0.2, -0.15) is 0 Å². The highest BCUT2D eigenvalue weighted by Gasteiger charge is 2.10. The zero-order chi connectivity index (χ0) is 11.7. The number of aromatic nitrogens is 1. The Kier molecular flexibility index (Phi) is 3.13. The highest BCUT2D eigenvalue weighted by Crippen LogP contribution is 2.26. The number of aliphatic hydroxyl groups is 1. The summed E-state index contributed by atoms with van der Waals surface area (Å²) in [4.78, 5) is 4.47. The van der Waals surface area contributed by atoms with Crippen LogP contribution < -0.4 is 0 Å². The van der Waals surface area contributed by atoms with Crippen LogP contribution in [-0.4, -0.2) is 10.1 Å². The van der Waals surface area contributed by atoms with Gasteiger partial charge in [0.15, 0.2) is 0 Å². The van der Waals surface area contributed by atoms with E-state index in [2.05, 4.69) is 11.9 Å². The molecular formula is C13H14ClNO. The van der Waals surface area contributed by atoms with Crippen LogP contribution in [0.25, 0.3) is 10.9 Å². The summed E-state index contributed by atoms with van der Waals surface area (Å²) in [7, 11) is 0. The zero-order valence-electron chi connectivity index (χ0n) is 9.42. The fourth-order valence-electron chi connectivity index (χ4n) is 2.10. The fraction of sp³-hybridized carbons (Fsp3) is 0.308. The van der Waals surface area contributed by atoms with Crippen LogP contribution in [0.15, 0.2) is 18.2 Å². The van der Waals surface area contributed by atoms with Crippen molar-refractivity contribution in [2.75, 3.05) is 0 Å². The van der Waals surface area contributed by atoms with Gasteiger partial charge in [-0.25, -0.2) is 0 Å². The Morgan fingerprint density at radius 2 is 2.06 bits per heavy atom. The molecule has 84 valence electrons. The molecule has 0 saturated heterocycles. The Bertz CT molecular complexity index is 537. The molecule has 0 saturated carbocycles. The molecule has 0 bridgehead atoms. The van der Waals surface area contributed by atoms with E-state index in [4.69, 9.17) is 11.6 Å². The van der Waals surface area contributed by atoms with Crippen LogP contribution in [0.5, 0.6) is 0 Å². The Hall–Kier alpha value is -1.12. The van der Waals surface area contributed by atoms with Crippen molar-refractivity contribution in [3.63, 3.8) is 0 Å². The zero-order valence-corrected chi connectivity index (χ0v) is 10.2. The predicted molar refractivity (Wildman–Crippen MR) is 66.8 cm³/mol. The molecule has 0 radical (unpaired) electrons. The van der Waals surface area contributed by atoms with Crippen molar-refractivity contribution in [1.29, 1.82) is 0 Å². The SMILES string of the molecule is CCc1c(CO)c(C)nc2cc(Cl)ccc12. The second-order valence-corrected chi connectivity index (χ2v) is 4.26. The Morgan fingerprint density at radius 1 is 1.31 bits per heavy atom. The van der Waals surface area contributed by atoms with Crippen LogP contribution in [-0.2, 0) is 13.0 Å². The van der Waals surface area contributed by atoms with Gasteiger partial charge in [-0.05, 0) is 31.0 Å². The van der Waals surface area contributed by atoms with Crippen LogP contribution >= 0.6 is 11.6 Å². The number of hydrogen-bond donors (Lipinski definition) is 1. The number of fused-ring (bicyclic) bond motifs is 1. The van der Waals surface area contributed by atoms with E-state index in [9.17, 15) is 5.11 Å². The standard InChI is InChI=1S/C13H14ClNO/c1-3-10-11-5-4-9(14)6-13(11)15-8(2)12(10)7-16/h4-6,16H,3,7H2,1-2H3. The molecule has 0 amide bonds. The van der Waals surface area contributed by atoms with Gasteiger partial charge in [-0.15, -0.1) is 0 Å². The van der Waals surface area contributed by atoms with Crippen molar-refractivity contribution in [2.24, 2.45) is 0 Å². The molecule has 3 heteroatoms. The molecule has 1 aromatic heterocycles. The number of hydrogen-bond acceptors (Lipinski definition) is 2. The summed E-state index contributed by atoms with van der Waals surface area (Å²) in [6.07, 6.45) is 0.886. The number of benzene rings is 1. The smallest absolute Gasteiger partial charge is 0.0723 e. The molecule has 2 rings (SSSR count). The molecule has 1 heterocycles. The third-order valence-electron chi connectivity index (χ3n) is 2.89. The van der Waals surface area contributed by atoms with E-state index in [0.29, 0.717) is 5.02 Å². The maximum atomic E-state index is 9.38. The van der Waals surface area contributed by atoms with Crippen LogP contribution in [0, 0.1) is 6.92 Å². The van der Waals surface area contributed by atoms with E-state index in [-0.39, 0.29) is 6.61 Å². The van der Waals surface area contributed by atoms with Gasteiger partial charge in [-0.1, -0.05) is 24.6 Å². The predicted octanol–water partition coefficient (Wildman–Crippen LogP) is 3.25. The summed E-state index contributed by atoms with van der Waals surface area (Å²) >= 11 is 5.95. The second kappa shape index (κ2) is 4.40. The fourth-order valence-corrected chi connectivity index (χ4v) is 2.26. The lowest BCUT2D eigenvalue weighted by Crippen LogP contribution is -2.00. The molecule has 2 aromatic rings. The summed E-state index contributed by atoms with van der Waals surface area (Å²) in [5.74, 6) is 0. The first-order chi connectivity index (χ1) is 7.67. The van der Waals surface area contributed by atoms with Gasteiger partial charge in [0, 0.05) is 21.7 Å². The van der Waals surface area contributed by atoms with E-state index in [1.807, 2.05) is 25.1 Å². The molecule has 0 aliphatic rings. The maximum Gasteiger partial charge on any atom is 0.0723 e. The van der Waals surface area contributed by atoms with Crippen LogP contribution in [0.4, 0.5) is 0 Å². The van der Waals surface area contributed by atoms with Crippen LogP contribution in [0.3, 0.4) is 0 Å². The molecule has 0 aliphatic heterocycles. The maximum absolute atomic E-state index is 9.38. The third kappa shape index (κ3) is 1.79. The van der Waals surface area contributed by atoms with Crippen molar-refractivity contribution in [2.45, 2.75) is 26.9 Å². The molecule has 16 heavy (non-hydrogen) atoms. The van der Waals surface area contributed by atoms with Crippen LogP contribution in [0.1, 0.15) is 23.7 Å². The first-order valence-corrected chi connectivity index (χ1v) is 5.73. The van der Waals surface area contributed by atoms with Gasteiger partial charge in [0.2, 0.25) is 0 Å². The van der Waals surface area contributed by atoms with Crippen molar-refractivity contribution in [1.82, 2.24) is 4.98 Å². The summed E-state index contributed by atoms with van der Waals surface area (Å²) < 4.78 is 0. The van der Waals surface area contributed by atoms with Crippen molar-refractivity contribution < 1.29 is 5.11 Å². The van der Waals surface area contributed by atoms with Gasteiger partial charge < -0.3 is 5.11 Å². The largest absolute Gasteiger partial charge is 0.392 e. The highest BCUT2D eigenvalue weighted by atomic mass is 35.5. The molecule has 1 aromatic carbocycles. The van der Waals surface area contributed by atoms with Crippen LogP contribution in [0.2, 0.25) is 5.02 Å². The highest BCUT2D eigenvalue weighted by molar-refractivity contribution is 6.31. The molecular weight excluding hydrogens is 222 g/mol. The van der Waals surface area contributed by atoms with Gasteiger partial charge in [0.25, 0.3) is 0 Å². The van der Waals surface area contributed by atoms with E-state index in [0.717, 1.165) is 28.6 Å². The number of aliphatic hydroxyl groups excluding tert-OH is 1. The number of pyridine rings is 1. The summed E-state index contributed by atoms with van der Waals surface area (Å²) in [6.45, 7) is 4.05. The summed E-state index contributed by atoms with van der Waals surface area (Å²) in [5, 5.41) is 11.2. The topological polar surface area (TPSA) is 33.1 Å². The lowest BCUT2D eigenvalue weighted by atomic mass is 9.99. The van der Waals surface area contributed by atoms with E-state index < -0.39 is 0 Å². The summed E-state index contributed by atoms with van der Waals surface area (Å²) in [5.41, 5.74) is 3.90. The second-order valence-electron chi connectivity index (χ2n) is 3.83. The van der Waals surface area contributed by atoms with Gasteiger partial charge >= 0.3 is 0 Å². The molecule has 1 N–H and O–H groups in total. The minimum Gasteiger partial charge on any atom is -0.392 e. The van der Waals surface area contributed by atoms with Crippen molar-refractivity contribution in [3.05, 3.63) is 40.0 Å². The van der Waals surface area contributed by atoms with E-state index in [1.54, 1.807) is 0 Å².